The van der Waals surface area contributed by atoms with Crippen LogP contribution in [0.2, 0.25) is 10.0 Å². The number of amides is 4. The predicted octanol–water partition coefficient (Wildman–Crippen LogP) is 5.39. The Morgan fingerprint density at radius 3 is 2.34 bits per heavy atom. The minimum Gasteiger partial charge on any atom is -0.273 e. The van der Waals surface area contributed by atoms with Gasteiger partial charge in [-0.25, -0.2) is 14.1 Å². The highest BCUT2D eigenvalue weighted by atomic mass is 35.5. The molecule has 0 aromatic heterocycles. The predicted molar refractivity (Wildman–Crippen MR) is 121 cm³/mol. The Labute approximate surface area is 193 Å². The van der Waals surface area contributed by atoms with Gasteiger partial charge in [-0.15, -0.1) is 0 Å². The quantitative estimate of drug-likeness (QED) is 0.412. The molecule has 160 valence electrons. The number of hydrogen-bond acceptors (Lipinski definition) is 3. The van der Waals surface area contributed by atoms with Crippen LogP contribution >= 0.6 is 23.2 Å². The van der Waals surface area contributed by atoms with Crippen LogP contribution in [0.4, 0.5) is 14.9 Å². The van der Waals surface area contributed by atoms with E-state index in [-0.39, 0.29) is 17.1 Å². The van der Waals surface area contributed by atoms with Crippen LogP contribution in [-0.4, -0.2) is 17.8 Å². The Morgan fingerprint density at radius 1 is 0.906 bits per heavy atom. The molecule has 0 spiro atoms. The fourth-order valence-corrected chi connectivity index (χ4v) is 3.67. The van der Waals surface area contributed by atoms with Crippen LogP contribution < -0.4 is 10.2 Å². The van der Waals surface area contributed by atoms with Crippen molar-refractivity contribution in [3.05, 3.63) is 105 Å². The summed E-state index contributed by atoms with van der Waals surface area (Å²) >= 11 is 12.0. The lowest BCUT2D eigenvalue weighted by atomic mass is 9.97. The first-order valence-electron chi connectivity index (χ1n) is 9.52. The third kappa shape index (κ3) is 4.56. The molecule has 0 unspecified atom stereocenters. The monoisotopic (exact) mass is 468 g/mol. The van der Waals surface area contributed by atoms with Crippen LogP contribution in [0.5, 0.6) is 0 Å². The number of anilines is 1. The summed E-state index contributed by atoms with van der Waals surface area (Å²) in [7, 11) is 0. The smallest absolute Gasteiger partial charge is 0.273 e. The topological polar surface area (TPSA) is 66.5 Å². The molecule has 1 aliphatic rings. The zero-order valence-corrected chi connectivity index (χ0v) is 18.0. The van der Waals surface area contributed by atoms with Crippen LogP contribution in [0.15, 0.2) is 72.3 Å². The van der Waals surface area contributed by atoms with Crippen molar-refractivity contribution < 1.29 is 18.8 Å². The lowest BCUT2D eigenvalue weighted by molar-refractivity contribution is -0.122. The number of barbiturate groups is 1. The standard InChI is InChI=1S/C24H15Cl2FN2O3/c25-17-6-8-20(9-7-17)29-23(31)21(22(30)28-24(29)32)13-16-12-18(26)5-4-15(16)10-14-2-1-3-19(27)11-14/h1-9,11-13H,10H2,(H,28,30,32)/b21-13+. The van der Waals surface area contributed by atoms with Gasteiger partial charge in [0.05, 0.1) is 5.69 Å². The molecule has 4 amide bonds. The summed E-state index contributed by atoms with van der Waals surface area (Å²) in [5, 5.41) is 3.01. The highest BCUT2D eigenvalue weighted by Crippen LogP contribution is 2.26. The maximum atomic E-state index is 13.6. The maximum Gasteiger partial charge on any atom is 0.335 e. The number of nitrogens with zero attached hydrogens (tertiary/aromatic N) is 1. The third-order valence-corrected chi connectivity index (χ3v) is 5.36. The molecule has 3 aromatic carbocycles. The summed E-state index contributed by atoms with van der Waals surface area (Å²) in [5.74, 6) is -1.96. The molecule has 4 rings (SSSR count). The molecule has 0 radical (unpaired) electrons. The van der Waals surface area contributed by atoms with E-state index in [0.717, 1.165) is 10.5 Å². The van der Waals surface area contributed by atoms with E-state index in [1.807, 2.05) is 0 Å². The molecule has 1 fully saturated rings. The number of urea groups is 1. The summed E-state index contributed by atoms with van der Waals surface area (Å²) in [6, 6.07) is 16.4. The number of rotatable bonds is 4. The summed E-state index contributed by atoms with van der Waals surface area (Å²) in [5.41, 5.74) is 1.97. The fraction of sp³-hybridized carbons (Fsp3) is 0.0417. The van der Waals surface area contributed by atoms with Gasteiger partial charge in [0.2, 0.25) is 0 Å². The lowest BCUT2D eigenvalue weighted by Gasteiger charge is -2.26. The Kier molecular flexibility index (Phi) is 6.08. The molecule has 1 heterocycles. The number of carbonyl (C=O) groups is 3. The number of halogens is 3. The Bertz CT molecular complexity index is 1270. The second-order valence-corrected chi connectivity index (χ2v) is 7.96. The van der Waals surface area contributed by atoms with Crippen LogP contribution in [0.3, 0.4) is 0 Å². The van der Waals surface area contributed by atoms with E-state index in [1.165, 1.54) is 42.5 Å². The summed E-state index contributed by atoms with van der Waals surface area (Å²) in [6.07, 6.45) is 1.73. The van der Waals surface area contributed by atoms with Gasteiger partial charge < -0.3 is 0 Å². The van der Waals surface area contributed by atoms with Crippen molar-refractivity contribution in [1.29, 1.82) is 0 Å². The molecule has 1 saturated heterocycles. The van der Waals surface area contributed by atoms with Crippen molar-refractivity contribution in [1.82, 2.24) is 5.32 Å². The highest BCUT2D eigenvalue weighted by molar-refractivity contribution is 6.39. The summed E-state index contributed by atoms with van der Waals surface area (Å²) in [4.78, 5) is 38.8. The molecule has 32 heavy (non-hydrogen) atoms. The van der Waals surface area contributed by atoms with Gasteiger partial charge in [0.15, 0.2) is 0 Å². The number of carbonyl (C=O) groups excluding carboxylic acids is 3. The molecule has 0 atom stereocenters. The van der Waals surface area contributed by atoms with E-state index in [0.29, 0.717) is 27.6 Å². The Hall–Kier alpha value is -3.48. The number of imide groups is 2. The molecule has 8 heteroatoms. The van der Waals surface area contributed by atoms with Gasteiger partial charge in [-0.2, -0.15) is 0 Å². The first-order valence-corrected chi connectivity index (χ1v) is 10.3. The molecular formula is C24H15Cl2FN2O3. The average molecular weight is 469 g/mol. The first-order chi connectivity index (χ1) is 15.3. The molecule has 1 aliphatic heterocycles. The molecule has 0 bridgehead atoms. The molecule has 3 aromatic rings. The van der Waals surface area contributed by atoms with Crippen LogP contribution in [0.1, 0.15) is 16.7 Å². The zero-order chi connectivity index (χ0) is 22.8. The fourth-order valence-electron chi connectivity index (χ4n) is 3.37. The molecule has 5 nitrogen and oxygen atoms in total. The van der Waals surface area contributed by atoms with Gasteiger partial charge in [-0.1, -0.05) is 41.4 Å². The van der Waals surface area contributed by atoms with Gasteiger partial charge in [0, 0.05) is 10.0 Å². The van der Waals surface area contributed by atoms with E-state index in [9.17, 15) is 18.8 Å². The highest BCUT2D eigenvalue weighted by Gasteiger charge is 2.36. The summed E-state index contributed by atoms with van der Waals surface area (Å²) in [6.45, 7) is 0. The van der Waals surface area contributed by atoms with Crippen molar-refractivity contribution >= 4 is 52.8 Å². The van der Waals surface area contributed by atoms with E-state index >= 15 is 0 Å². The minimum absolute atomic E-state index is 0.234. The minimum atomic E-state index is -0.856. The van der Waals surface area contributed by atoms with Gasteiger partial charge >= 0.3 is 6.03 Å². The summed E-state index contributed by atoms with van der Waals surface area (Å²) < 4.78 is 13.6. The van der Waals surface area contributed by atoms with Crippen LogP contribution in [-0.2, 0) is 16.0 Å². The van der Waals surface area contributed by atoms with E-state index in [2.05, 4.69) is 5.32 Å². The van der Waals surface area contributed by atoms with E-state index in [4.69, 9.17) is 23.2 Å². The third-order valence-electron chi connectivity index (χ3n) is 4.88. The van der Waals surface area contributed by atoms with Crippen LogP contribution in [0, 0.1) is 5.82 Å². The molecule has 0 aliphatic carbocycles. The van der Waals surface area contributed by atoms with Crippen molar-refractivity contribution in [2.45, 2.75) is 6.42 Å². The Morgan fingerprint density at radius 2 is 1.62 bits per heavy atom. The molecule has 0 saturated carbocycles. The molecule has 1 N–H and O–H groups in total. The molecular weight excluding hydrogens is 454 g/mol. The van der Waals surface area contributed by atoms with Gasteiger partial charge in [-0.3, -0.25) is 14.9 Å². The van der Waals surface area contributed by atoms with Crippen molar-refractivity contribution in [3.8, 4) is 0 Å². The van der Waals surface area contributed by atoms with Crippen LogP contribution in [0.25, 0.3) is 6.08 Å². The van der Waals surface area contributed by atoms with Crippen molar-refractivity contribution in [3.63, 3.8) is 0 Å². The number of nitrogens with one attached hydrogen (secondary N) is 1. The van der Waals surface area contributed by atoms with Gasteiger partial charge in [0.25, 0.3) is 11.8 Å². The van der Waals surface area contributed by atoms with E-state index < -0.39 is 17.8 Å². The SMILES string of the molecule is O=C1NC(=O)N(c2ccc(Cl)cc2)C(=O)/C1=C/c1cc(Cl)ccc1Cc1cccc(F)c1. The van der Waals surface area contributed by atoms with Gasteiger partial charge in [0.1, 0.15) is 11.4 Å². The van der Waals surface area contributed by atoms with E-state index in [1.54, 1.807) is 30.3 Å². The maximum absolute atomic E-state index is 13.6. The number of benzene rings is 3. The number of hydrogen-bond donors (Lipinski definition) is 1. The Balaban J connectivity index is 1.74. The lowest BCUT2D eigenvalue weighted by Crippen LogP contribution is -2.54. The average Bonchev–Trinajstić information content (AvgIpc) is 2.74. The largest absolute Gasteiger partial charge is 0.335 e. The second-order valence-electron chi connectivity index (χ2n) is 7.08. The second kappa shape index (κ2) is 8.94. The van der Waals surface area contributed by atoms with Crippen molar-refractivity contribution in [2.75, 3.05) is 4.90 Å². The van der Waals surface area contributed by atoms with Gasteiger partial charge in [-0.05, 0) is 77.7 Å². The zero-order valence-electron chi connectivity index (χ0n) is 16.4. The first kappa shape index (κ1) is 21.7. The van der Waals surface area contributed by atoms with Crippen molar-refractivity contribution in [2.24, 2.45) is 0 Å². The normalized spacial score (nSPS) is 15.3.